The Hall–Kier alpha value is -1.60. The van der Waals surface area contributed by atoms with Gasteiger partial charge in [-0.2, -0.15) is 0 Å². The Bertz CT molecular complexity index is 582. The number of nitrogens with two attached hydrogens (primary N) is 1. The van der Waals surface area contributed by atoms with Crippen LogP contribution < -0.4 is 5.73 Å². The van der Waals surface area contributed by atoms with Crippen molar-refractivity contribution in [2.24, 2.45) is 5.73 Å². The molecule has 0 radical (unpaired) electrons. The molecule has 20 heavy (non-hydrogen) atoms. The lowest BCUT2D eigenvalue weighted by molar-refractivity contribution is 0.844. The molecule has 0 bridgehead atoms. The van der Waals surface area contributed by atoms with Crippen molar-refractivity contribution in [1.29, 1.82) is 0 Å². The molecule has 0 aromatic heterocycles. The lowest BCUT2D eigenvalue weighted by Gasteiger charge is -2.21. The Balaban J connectivity index is 2.49. The SMILES string of the molecule is CCc1ccc(C(N)c2c(C)c(C)cc(C)c2C)cc1. The zero-order valence-electron chi connectivity index (χ0n) is 13.2. The van der Waals surface area contributed by atoms with Crippen molar-refractivity contribution in [2.75, 3.05) is 0 Å². The van der Waals surface area contributed by atoms with Gasteiger partial charge in [-0.3, -0.25) is 0 Å². The molecule has 1 atom stereocenters. The van der Waals surface area contributed by atoms with Crippen molar-refractivity contribution >= 4 is 0 Å². The first kappa shape index (κ1) is 14.8. The van der Waals surface area contributed by atoms with Crippen LogP contribution in [0.15, 0.2) is 30.3 Å². The van der Waals surface area contributed by atoms with Crippen LogP contribution in [0.5, 0.6) is 0 Å². The molecule has 0 heterocycles. The van der Waals surface area contributed by atoms with Gasteiger partial charge in [-0.05, 0) is 73.1 Å². The van der Waals surface area contributed by atoms with Crippen molar-refractivity contribution in [2.45, 2.75) is 47.1 Å². The molecule has 0 spiro atoms. The van der Waals surface area contributed by atoms with E-state index >= 15 is 0 Å². The van der Waals surface area contributed by atoms with Crippen LogP contribution in [0.1, 0.15) is 51.9 Å². The van der Waals surface area contributed by atoms with E-state index in [9.17, 15) is 0 Å². The smallest absolute Gasteiger partial charge is 0.0557 e. The molecule has 0 fully saturated rings. The Morgan fingerprint density at radius 3 is 1.85 bits per heavy atom. The van der Waals surface area contributed by atoms with E-state index in [2.05, 4.69) is 65.0 Å². The number of hydrogen-bond acceptors (Lipinski definition) is 1. The topological polar surface area (TPSA) is 26.0 Å². The first-order chi connectivity index (χ1) is 9.45. The van der Waals surface area contributed by atoms with Crippen molar-refractivity contribution in [3.63, 3.8) is 0 Å². The van der Waals surface area contributed by atoms with E-state index in [1.807, 2.05) is 0 Å². The predicted octanol–water partition coefficient (Wildman–Crippen LogP) is 4.53. The largest absolute Gasteiger partial charge is 0.320 e. The molecule has 2 aromatic carbocycles. The average molecular weight is 267 g/mol. The summed E-state index contributed by atoms with van der Waals surface area (Å²) in [6, 6.07) is 10.9. The minimum absolute atomic E-state index is 0.0421. The van der Waals surface area contributed by atoms with Crippen LogP contribution >= 0.6 is 0 Å². The summed E-state index contributed by atoms with van der Waals surface area (Å²) in [7, 11) is 0. The second kappa shape index (κ2) is 5.80. The van der Waals surface area contributed by atoms with Gasteiger partial charge in [-0.25, -0.2) is 0 Å². The summed E-state index contributed by atoms with van der Waals surface area (Å²) in [5.41, 5.74) is 15.7. The summed E-state index contributed by atoms with van der Waals surface area (Å²) < 4.78 is 0. The highest BCUT2D eigenvalue weighted by atomic mass is 14.6. The summed E-state index contributed by atoms with van der Waals surface area (Å²) in [5.74, 6) is 0. The highest BCUT2D eigenvalue weighted by Crippen LogP contribution is 2.30. The monoisotopic (exact) mass is 267 g/mol. The molecule has 2 aromatic rings. The molecule has 2 N–H and O–H groups in total. The van der Waals surface area contributed by atoms with Crippen LogP contribution in [0.3, 0.4) is 0 Å². The van der Waals surface area contributed by atoms with Gasteiger partial charge in [0.05, 0.1) is 6.04 Å². The molecule has 0 saturated heterocycles. The van der Waals surface area contributed by atoms with Gasteiger partial charge in [0.2, 0.25) is 0 Å². The molecule has 0 aliphatic rings. The Kier molecular flexibility index (Phi) is 4.29. The van der Waals surface area contributed by atoms with Crippen LogP contribution in [-0.4, -0.2) is 0 Å². The third-order valence-corrected chi connectivity index (χ3v) is 4.48. The van der Waals surface area contributed by atoms with Gasteiger partial charge in [0.1, 0.15) is 0 Å². The first-order valence-electron chi connectivity index (χ1n) is 7.37. The van der Waals surface area contributed by atoms with E-state index in [0.29, 0.717) is 0 Å². The number of hydrogen-bond donors (Lipinski definition) is 1. The Labute approximate surface area is 122 Å². The van der Waals surface area contributed by atoms with Gasteiger partial charge < -0.3 is 5.73 Å². The van der Waals surface area contributed by atoms with E-state index in [1.165, 1.54) is 38.9 Å². The molecule has 0 aliphatic heterocycles. The fraction of sp³-hybridized carbons (Fsp3) is 0.368. The first-order valence-corrected chi connectivity index (χ1v) is 7.37. The maximum Gasteiger partial charge on any atom is 0.0557 e. The summed E-state index contributed by atoms with van der Waals surface area (Å²) in [5, 5.41) is 0. The summed E-state index contributed by atoms with van der Waals surface area (Å²) in [6.07, 6.45) is 1.07. The molecule has 1 unspecified atom stereocenters. The minimum atomic E-state index is -0.0421. The van der Waals surface area contributed by atoms with Gasteiger partial charge in [0.25, 0.3) is 0 Å². The molecule has 0 saturated carbocycles. The van der Waals surface area contributed by atoms with Crippen molar-refractivity contribution in [3.05, 3.63) is 69.3 Å². The van der Waals surface area contributed by atoms with E-state index in [0.717, 1.165) is 6.42 Å². The van der Waals surface area contributed by atoms with Crippen molar-refractivity contribution in [3.8, 4) is 0 Å². The predicted molar refractivity (Wildman–Crippen MR) is 87.2 cm³/mol. The summed E-state index contributed by atoms with van der Waals surface area (Å²) >= 11 is 0. The second-order valence-electron chi connectivity index (χ2n) is 5.75. The molecular formula is C19H25N. The van der Waals surface area contributed by atoms with E-state index in [1.54, 1.807) is 0 Å². The second-order valence-corrected chi connectivity index (χ2v) is 5.75. The molecule has 0 aliphatic carbocycles. The number of aryl methyl sites for hydroxylation is 3. The normalized spacial score (nSPS) is 12.5. The lowest BCUT2D eigenvalue weighted by atomic mass is 9.87. The third-order valence-electron chi connectivity index (χ3n) is 4.48. The van der Waals surface area contributed by atoms with Gasteiger partial charge in [-0.15, -0.1) is 0 Å². The fourth-order valence-electron chi connectivity index (χ4n) is 2.84. The Morgan fingerprint density at radius 2 is 1.40 bits per heavy atom. The standard InChI is InChI=1S/C19H25N/c1-6-16-7-9-17(10-8-16)19(20)18-14(4)12(2)11-13(3)15(18)5/h7-11,19H,6,20H2,1-5H3. The maximum absolute atomic E-state index is 6.55. The number of rotatable bonds is 3. The lowest BCUT2D eigenvalue weighted by Crippen LogP contribution is -2.16. The highest BCUT2D eigenvalue weighted by molar-refractivity contribution is 5.48. The van der Waals surface area contributed by atoms with Crippen LogP contribution in [-0.2, 0) is 6.42 Å². The van der Waals surface area contributed by atoms with Gasteiger partial charge >= 0.3 is 0 Å². The van der Waals surface area contributed by atoms with E-state index < -0.39 is 0 Å². The van der Waals surface area contributed by atoms with Crippen LogP contribution in [0.4, 0.5) is 0 Å². The molecule has 0 amide bonds. The Morgan fingerprint density at radius 1 is 0.900 bits per heavy atom. The van der Waals surface area contributed by atoms with Gasteiger partial charge in [0.15, 0.2) is 0 Å². The number of benzene rings is 2. The molecule has 1 nitrogen and oxygen atoms in total. The third kappa shape index (κ3) is 2.64. The maximum atomic E-state index is 6.55. The van der Waals surface area contributed by atoms with E-state index in [4.69, 9.17) is 5.73 Å². The van der Waals surface area contributed by atoms with E-state index in [-0.39, 0.29) is 6.04 Å². The van der Waals surface area contributed by atoms with Crippen molar-refractivity contribution < 1.29 is 0 Å². The average Bonchev–Trinajstić information content (AvgIpc) is 2.45. The summed E-state index contributed by atoms with van der Waals surface area (Å²) in [6.45, 7) is 10.9. The highest BCUT2D eigenvalue weighted by Gasteiger charge is 2.16. The zero-order valence-corrected chi connectivity index (χ0v) is 13.2. The molecule has 106 valence electrons. The summed E-state index contributed by atoms with van der Waals surface area (Å²) in [4.78, 5) is 0. The van der Waals surface area contributed by atoms with Crippen LogP contribution in [0.2, 0.25) is 0 Å². The van der Waals surface area contributed by atoms with Crippen LogP contribution in [0, 0.1) is 27.7 Å². The zero-order chi connectivity index (χ0) is 14.9. The fourth-order valence-corrected chi connectivity index (χ4v) is 2.84. The molecular weight excluding hydrogens is 242 g/mol. The van der Waals surface area contributed by atoms with Crippen molar-refractivity contribution in [1.82, 2.24) is 0 Å². The molecule has 1 heteroatoms. The quantitative estimate of drug-likeness (QED) is 0.868. The van der Waals surface area contributed by atoms with Crippen LogP contribution in [0.25, 0.3) is 0 Å². The minimum Gasteiger partial charge on any atom is -0.320 e. The van der Waals surface area contributed by atoms with Gasteiger partial charge in [0, 0.05) is 0 Å². The molecule has 2 rings (SSSR count). The van der Waals surface area contributed by atoms with Gasteiger partial charge in [-0.1, -0.05) is 37.3 Å².